The topological polar surface area (TPSA) is 21.3 Å². The van der Waals surface area contributed by atoms with Crippen molar-refractivity contribution in [2.45, 2.75) is 26.3 Å². The van der Waals surface area contributed by atoms with Gasteiger partial charge in [0.2, 0.25) is 0 Å². The number of unbranched alkanes of at least 4 members (excludes halogenated alkanes) is 1. The zero-order valence-electron chi connectivity index (χ0n) is 11.8. The molecule has 0 amide bonds. The molecule has 0 saturated heterocycles. The van der Waals surface area contributed by atoms with Gasteiger partial charge in [0.1, 0.15) is 11.5 Å². The van der Waals surface area contributed by atoms with E-state index in [1.54, 1.807) is 0 Å². The van der Waals surface area contributed by atoms with Crippen molar-refractivity contribution < 1.29 is 4.74 Å². The molecule has 2 rings (SSSR count). The molecule has 3 heteroatoms. The Morgan fingerprint density at radius 2 is 1.70 bits per heavy atom. The van der Waals surface area contributed by atoms with Crippen LogP contribution in [-0.2, 0) is 6.54 Å². The molecule has 2 aromatic rings. The summed E-state index contributed by atoms with van der Waals surface area (Å²) < 4.78 is 5.82. The normalized spacial score (nSPS) is 9.85. The zero-order chi connectivity index (χ0) is 13.3. The predicted molar refractivity (Wildman–Crippen MR) is 86.8 cm³/mol. The number of para-hydroxylation sites is 1. The number of halogens is 1. The molecule has 0 atom stereocenters. The molecular weight excluding hydrogens is 270 g/mol. The Kier molecular flexibility index (Phi) is 7.78. The van der Waals surface area contributed by atoms with E-state index >= 15 is 0 Å². The molecular formula is C17H22ClNO. The fourth-order valence-electron chi connectivity index (χ4n) is 1.88. The molecule has 1 N–H and O–H groups in total. The lowest BCUT2D eigenvalue weighted by molar-refractivity contribution is 0.481. The first-order valence-electron chi connectivity index (χ1n) is 6.91. The molecule has 0 unspecified atom stereocenters. The van der Waals surface area contributed by atoms with Crippen LogP contribution in [0, 0.1) is 0 Å². The van der Waals surface area contributed by atoms with E-state index in [4.69, 9.17) is 4.74 Å². The number of rotatable bonds is 7. The van der Waals surface area contributed by atoms with E-state index in [1.165, 1.54) is 18.4 Å². The highest BCUT2D eigenvalue weighted by Gasteiger charge is 1.98. The lowest BCUT2D eigenvalue weighted by Crippen LogP contribution is -2.14. The van der Waals surface area contributed by atoms with Crippen LogP contribution < -0.4 is 10.1 Å². The van der Waals surface area contributed by atoms with Crippen LogP contribution in [0.1, 0.15) is 25.3 Å². The monoisotopic (exact) mass is 291 g/mol. The molecule has 0 aliphatic heterocycles. The molecule has 108 valence electrons. The van der Waals surface area contributed by atoms with Crippen LogP contribution in [0.25, 0.3) is 0 Å². The first-order valence-corrected chi connectivity index (χ1v) is 6.91. The first-order chi connectivity index (χ1) is 9.38. The Morgan fingerprint density at radius 1 is 0.950 bits per heavy atom. The number of benzene rings is 2. The number of ether oxygens (including phenoxy) is 1. The quantitative estimate of drug-likeness (QED) is 0.741. The van der Waals surface area contributed by atoms with Gasteiger partial charge in [-0.15, -0.1) is 12.4 Å². The van der Waals surface area contributed by atoms with E-state index in [-0.39, 0.29) is 12.4 Å². The van der Waals surface area contributed by atoms with Gasteiger partial charge in [-0.25, -0.2) is 0 Å². The van der Waals surface area contributed by atoms with Crippen molar-refractivity contribution in [3.05, 3.63) is 60.2 Å². The fraction of sp³-hybridized carbons (Fsp3) is 0.294. The smallest absolute Gasteiger partial charge is 0.127 e. The molecule has 0 bridgehead atoms. The number of hydrogen-bond acceptors (Lipinski definition) is 2. The van der Waals surface area contributed by atoms with Crippen LogP contribution in [0.4, 0.5) is 0 Å². The Bertz CT molecular complexity index is 487. The van der Waals surface area contributed by atoms with Crippen molar-refractivity contribution in [2.75, 3.05) is 6.54 Å². The zero-order valence-corrected chi connectivity index (χ0v) is 12.7. The summed E-state index contributed by atoms with van der Waals surface area (Å²) in [7, 11) is 0. The maximum absolute atomic E-state index is 5.82. The Labute approximate surface area is 127 Å². The molecule has 2 aromatic carbocycles. The summed E-state index contributed by atoms with van der Waals surface area (Å²) in [5, 5.41) is 3.44. The summed E-state index contributed by atoms with van der Waals surface area (Å²) in [6, 6.07) is 18.1. The van der Waals surface area contributed by atoms with E-state index in [9.17, 15) is 0 Å². The van der Waals surface area contributed by atoms with Crippen molar-refractivity contribution in [1.82, 2.24) is 5.32 Å². The van der Waals surface area contributed by atoms with Gasteiger partial charge in [0, 0.05) is 6.54 Å². The molecule has 0 heterocycles. The van der Waals surface area contributed by atoms with Crippen LogP contribution in [0.2, 0.25) is 0 Å². The Morgan fingerprint density at radius 3 is 2.45 bits per heavy atom. The van der Waals surface area contributed by atoms with E-state index in [1.807, 2.05) is 42.5 Å². The summed E-state index contributed by atoms with van der Waals surface area (Å²) in [5.41, 5.74) is 1.25. The molecule has 0 saturated carbocycles. The standard InChI is InChI=1S/C17H21NO.ClH/c1-2-3-12-18-14-15-8-7-11-17(13-15)19-16-9-5-4-6-10-16;/h4-11,13,18H,2-3,12,14H2,1H3;1H. The van der Waals surface area contributed by atoms with Gasteiger partial charge in [-0.3, -0.25) is 0 Å². The lowest BCUT2D eigenvalue weighted by atomic mass is 10.2. The predicted octanol–water partition coefficient (Wildman–Crippen LogP) is 4.79. The largest absolute Gasteiger partial charge is 0.457 e. The molecule has 2 nitrogen and oxygen atoms in total. The minimum atomic E-state index is 0. The number of hydrogen-bond donors (Lipinski definition) is 1. The average molecular weight is 292 g/mol. The third-order valence-corrected chi connectivity index (χ3v) is 2.91. The summed E-state index contributed by atoms with van der Waals surface area (Å²) >= 11 is 0. The van der Waals surface area contributed by atoms with Gasteiger partial charge >= 0.3 is 0 Å². The van der Waals surface area contributed by atoms with E-state index < -0.39 is 0 Å². The highest BCUT2D eigenvalue weighted by Crippen LogP contribution is 2.21. The lowest BCUT2D eigenvalue weighted by Gasteiger charge is -2.08. The maximum atomic E-state index is 5.82. The van der Waals surface area contributed by atoms with Gasteiger partial charge in [0.25, 0.3) is 0 Å². The van der Waals surface area contributed by atoms with Gasteiger partial charge < -0.3 is 10.1 Å². The third-order valence-electron chi connectivity index (χ3n) is 2.91. The van der Waals surface area contributed by atoms with E-state index in [0.717, 1.165) is 24.6 Å². The molecule has 20 heavy (non-hydrogen) atoms. The second-order valence-electron chi connectivity index (χ2n) is 4.59. The van der Waals surface area contributed by atoms with Crippen LogP contribution in [0.15, 0.2) is 54.6 Å². The molecule has 0 spiro atoms. The van der Waals surface area contributed by atoms with Crippen molar-refractivity contribution in [2.24, 2.45) is 0 Å². The molecule has 0 aliphatic carbocycles. The fourth-order valence-corrected chi connectivity index (χ4v) is 1.88. The van der Waals surface area contributed by atoms with Crippen LogP contribution in [0.5, 0.6) is 11.5 Å². The molecule has 0 aromatic heterocycles. The minimum Gasteiger partial charge on any atom is -0.457 e. The summed E-state index contributed by atoms with van der Waals surface area (Å²) in [6.07, 6.45) is 2.45. The highest BCUT2D eigenvalue weighted by molar-refractivity contribution is 5.85. The van der Waals surface area contributed by atoms with Crippen molar-refractivity contribution in [3.63, 3.8) is 0 Å². The molecule has 0 radical (unpaired) electrons. The van der Waals surface area contributed by atoms with E-state index in [0.29, 0.717) is 0 Å². The molecule has 0 fully saturated rings. The third kappa shape index (κ3) is 5.64. The SMILES string of the molecule is CCCCNCc1cccc(Oc2ccccc2)c1.Cl. The first kappa shape index (κ1) is 16.5. The second kappa shape index (κ2) is 9.40. The molecule has 0 aliphatic rings. The van der Waals surface area contributed by atoms with Crippen molar-refractivity contribution in [1.29, 1.82) is 0 Å². The summed E-state index contributed by atoms with van der Waals surface area (Å²) in [5.74, 6) is 1.76. The maximum Gasteiger partial charge on any atom is 0.127 e. The Hall–Kier alpha value is -1.51. The van der Waals surface area contributed by atoms with Crippen molar-refractivity contribution >= 4 is 12.4 Å². The Balaban J connectivity index is 0.00000200. The average Bonchev–Trinajstić information content (AvgIpc) is 2.45. The van der Waals surface area contributed by atoms with Crippen LogP contribution >= 0.6 is 12.4 Å². The van der Waals surface area contributed by atoms with Gasteiger partial charge in [0.15, 0.2) is 0 Å². The van der Waals surface area contributed by atoms with Crippen LogP contribution in [-0.4, -0.2) is 6.54 Å². The number of nitrogens with one attached hydrogen (secondary N) is 1. The van der Waals surface area contributed by atoms with Gasteiger partial charge in [-0.2, -0.15) is 0 Å². The summed E-state index contributed by atoms with van der Waals surface area (Å²) in [6.45, 7) is 4.17. The highest BCUT2D eigenvalue weighted by atomic mass is 35.5. The van der Waals surface area contributed by atoms with Gasteiger partial charge in [0.05, 0.1) is 0 Å². The minimum absolute atomic E-state index is 0. The summed E-state index contributed by atoms with van der Waals surface area (Å²) in [4.78, 5) is 0. The van der Waals surface area contributed by atoms with Gasteiger partial charge in [-0.1, -0.05) is 43.7 Å². The van der Waals surface area contributed by atoms with Gasteiger partial charge in [-0.05, 0) is 42.8 Å². The second-order valence-corrected chi connectivity index (χ2v) is 4.59. The van der Waals surface area contributed by atoms with Crippen LogP contribution in [0.3, 0.4) is 0 Å². The van der Waals surface area contributed by atoms with E-state index in [2.05, 4.69) is 24.4 Å². The van der Waals surface area contributed by atoms with Crippen molar-refractivity contribution in [3.8, 4) is 11.5 Å².